The highest BCUT2D eigenvalue weighted by Gasteiger charge is 2.21. The maximum Gasteiger partial charge on any atom is 0.528 e. The minimum absolute atomic E-state index is 0.352. The molecule has 11 heteroatoms. The van der Waals surface area contributed by atoms with E-state index in [2.05, 4.69) is 23.7 Å². The van der Waals surface area contributed by atoms with Gasteiger partial charge in [0.25, 0.3) is 0 Å². The molecule has 0 amide bonds. The van der Waals surface area contributed by atoms with Crippen molar-refractivity contribution in [1.29, 1.82) is 0 Å². The minimum Gasteiger partial charge on any atom is -0.363 e. The van der Waals surface area contributed by atoms with Gasteiger partial charge in [-0.25, -0.2) is 19.2 Å². The highest BCUT2D eigenvalue weighted by molar-refractivity contribution is 5.88. The van der Waals surface area contributed by atoms with Gasteiger partial charge < -0.3 is 23.7 Å². The lowest BCUT2D eigenvalue weighted by Gasteiger charge is -2.00. The lowest BCUT2D eigenvalue weighted by atomic mass is 11.1. The molecule has 0 radical (unpaired) electrons. The number of rotatable bonds is 2. The number of carbonyl (C=O) groups is 6. The van der Waals surface area contributed by atoms with Gasteiger partial charge in [-0.3, -0.25) is 9.59 Å². The Bertz CT molecular complexity index is 321. The Morgan fingerprint density at radius 1 is 0.588 bits per heavy atom. The van der Waals surface area contributed by atoms with Gasteiger partial charge in [-0.15, -0.1) is 0 Å². The van der Waals surface area contributed by atoms with Crippen molar-refractivity contribution in [1.82, 2.24) is 0 Å². The second-order valence-electron chi connectivity index (χ2n) is 1.73. The number of hydrogen-bond acceptors (Lipinski definition) is 11. The summed E-state index contributed by atoms with van der Waals surface area (Å²) in [5.74, 6) is 0. The first-order chi connectivity index (χ1) is 7.99. The quantitative estimate of drug-likeness (QED) is 0.279. The predicted molar refractivity (Wildman–Crippen MR) is 39.1 cm³/mol. The Morgan fingerprint density at radius 3 is 1.18 bits per heavy atom. The van der Waals surface area contributed by atoms with Crippen molar-refractivity contribution in [2.75, 3.05) is 0 Å². The van der Waals surface area contributed by atoms with Crippen LogP contribution < -0.4 is 0 Å². The van der Waals surface area contributed by atoms with Crippen molar-refractivity contribution in [3.8, 4) is 0 Å². The monoisotopic (exact) mass is 250 g/mol. The first-order valence-electron chi connectivity index (χ1n) is 3.39. The van der Waals surface area contributed by atoms with Gasteiger partial charge in [0.1, 0.15) is 0 Å². The van der Waals surface area contributed by atoms with Crippen LogP contribution in [0.4, 0.5) is 19.2 Å². The lowest BCUT2D eigenvalue weighted by molar-refractivity contribution is -0.125. The van der Waals surface area contributed by atoms with Gasteiger partial charge in [0.15, 0.2) is 0 Å². The Hall–Kier alpha value is -2.98. The van der Waals surface area contributed by atoms with Gasteiger partial charge in [-0.05, 0) is 0 Å². The van der Waals surface area contributed by atoms with Crippen LogP contribution in [0.3, 0.4) is 0 Å². The van der Waals surface area contributed by atoms with E-state index in [1.165, 1.54) is 0 Å². The summed E-state index contributed by atoms with van der Waals surface area (Å²) in [6, 6.07) is 0. The van der Waals surface area contributed by atoms with Crippen molar-refractivity contribution >= 4 is 37.6 Å². The molecule has 0 rings (SSSR count). The van der Waals surface area contributed by atoms with Gasteiger partial charge in [0, 0.05) is 0 Å². The summed E-state index contributed by atoms with van der Waals surface area (Å²) in [6.45, 7) is -0.704. The van der Waals surface area contributed by atoms with Gasteiger partial charge >= 0.3 is 37.6 Å². The van der Waals surface area contributed by atoms with E-state index in [0.29, 0.717) is 0 Å². The molecule has 0 aliphatic heterocycles. The SMILES string of the molecule is O=COC(=O)OC(=O)OC(=O)OC(=O)OC=O. The molecule has 0 fully saturated rings. The summed E-state index contributed by atoms with van der Waals surface area (Å²) in [6.07, 6.45) is -7.40. The van der Waals surface area contributed by atoms with Crippen LogP contribution in [0.25, 0.3) is 0 Å². The molecule has 11 nitrogen and oxygen atoms in total. The fourth-order valence-electron chi connectivity index (χ4n) is 0.372. The first kappa shape index (κ1) is 14.0. The molecule has 0 unspecified atom stereocenters. The van der Waals surface area contributed by atoms with E-state index in [1.54, 1.807) is 0 Å². The Labute approximate surface area is 91.1 Å². The van der Waals surface area contributed by atoms with Crippen LogP contribution in [0.15, 0.2) is 0 Å². The molecule has 0 saturated carbocycles. The van der Waals surface area contributed by atoms with Crippen molar-refractivity contribution < 1.29 is 52.5 Å². The number of hydrogen-bond donors (Lipinski definition) is 0. The van der Waals surface area contributed by atoms with Crippen LogP contribution in [0.5, 0.6) is 0 Å². The zero-order chi connectivity index (χ0) is 13.3. The molecule has 0 spiro atoms. The summed E-state index contributed by atoms with van der Waals surface area (Å²) < 4.78 is 17.5. The Morgan fingerprint density at radius 2 is 0.882 bits per heavy atom. The molecule has 0 aromatic rings. The molecule has 0 aliphatic carbocycles. The van der Waals surface area contributed by atoms with E-state index in [4.69, 9.17) is 0 Å². The average Bonchev–Trinajstić information content (AvgIpc) is 2.16. The highest BCUT2D eigenvalue weighted by Crippen LogP contribution is 1.94. The third-order valence-corrected chi connectivity index (χ3v) is 0.789. The van der Waals surface area contributed by atoms with E-state index in [9.17, 15) is 28.8 Å². The van der Waals surface area contributed by atoms with Crippen molar-refractivity contribution in [2.24, 2.45) is 0 Å². The van der Waals surface area contributed by atoms with Crippen LogP contribution in [0, 0.1) is 0 Å². The number of carbonyl (C=O) groups excluding carboxylic acids is 6. The van der Waals surface area contributed by atoms with Crippen molar-refractivity contribution in [2.45, 2.75) is 0 Å². The zero-order valence-corrected chi connectivity index (χ0v) is 7.65. The van der Waals surface area contributed by atoms with Crippen molar-refractivity contribution in [3.63, 3.8) is 0 Å². The molecule has 0 N–H and O–H groups in total. The molecule has 0 heterocycles. The maximum atomic E-state index is 10.5. The molecule has 0 saturated heterocycles. The van der Waals surface area contributed by atoms with Gasteiger partial charge in [-0.2, -0.15) is 0 Å². The Kier molecular flexibility index (Phi) is 6.04. The van der Waals surface area contributed by atoms with Gasteiger partial charge in [-0.1, -0.05) is 0 Å². The standard InChI is InChI=1S/C6H2O11/c7-1-13-3(9)15-5(11)17-6(12)16-4(10)14-2-8/h1-2H. The molecule has 0 aromatic heterocycles. The highest BCUT2D eigenvalue weighted by atomic mass is 16.9. The zero-order valence-electron chi connectivity index (χ0n) is 7.65. The van der Waals surface area contributed by atoms with Crippen LogP contribution in [0.2, 0.25) is 0 Å². The first-order valence-corrected chi connectivity index (χ1v) is 3.39. The average molecular weight is 250 g/mol. The van der Waals surface area contributed by atoms with Crippen LogP contribution in [-0.4, -0.2) is 37.6 Å². The minimum atomic E-state index is -1.93. The third-order valence-electron chi connectivity index (χ3n) is 0.789. The molecule has 0 bridgehead atoms. The van der Waals surface area contributed by atoms with E-state index < -0.39 is 24.6 Å². The lowest BCUT2D eigenvalue weighted by Crippen LogP contribution is -2.21. The third kappa shape index (κ3) is 7.01. The topological polar surface area (TPSA) is 149 Å². The number of ether oxygens (including phenoxy) is 5. The van der Waals surface area contributed by atoms with Gasteiger partial charge in [0.2, 0.25) is 0 Å². The maximum absolute atomic E-state index is 10.5. The van der Waals surface area contributed by atoms with E-state index in [1.807, 2.05) is 0 Å². The van der Waals surface area contributed by atoms with Gasteiger partial charge in [0.05, 0.1) is 0 Å². The molecular weight excluding hydrogens is 248 g/mol. The largest absolute Gasteiger partial charge is 0.528 e. The molecule has 0 aliphatic rings. The molecular formula is C6H2O11. The van der Waals surface area contributed by atoms with E-state index in [-0.39, 0.29) is 12.9 Å². The van der Waals surface area contributed by atoms with Crippen LogP contribution in [-0.2, 0) is 33.3 Å². The fraction of sp³-hybridized carbons (Fsp3) is 0. The van der Waals surface area contributed by atoms with E-state index >= 15 is 0 Å². The molecule has 0 aromatic carbocycles. The summed E-state index contributed by atoms with van der Waals surface area (Å²) in [4.78, 5) is 60.7. The molecule has 17 heavy (non-hydrogen) atoms. The van der Waals surface area contributed by atoms with Crippen LogP contribution in [0.1, 0.15) is 0 Å². The second kappa shape index (κ2) is 7.33. The second-order valence-corrected chi connectivity index (χ2v) is 1.73. The fourth-order valence-corrected chi connectivity index (χ4v) is 0.372. The molecule has 0 atom stereocenters. The summed E-state index contributed by atoms with van der Waals surface area (Å²) in [5.41, 5.74) is 0. The van der Waals surface area contributed by atoms with Crippen LogP contribution >= 0.6 is 0 Å². The normalized spacial score (nSPS) is 8.24. The smallest absolute Gasteiger partial charge is 0.363 e. The predicted octanol–water partition coefficient (Wildman–Crippen LogP) is -0.138. The van der Waals surface area contributed by atoms with E-state index in [0.717, 1.165) is 0 Å². The Balaban J connectivity index is 3.99. The summed E-state index contributed by atoms with van der Waals surface area (Å²) >= 11 is 0. The summed E-state index contributed by atoms with van der Waals surface area (Å²) in [5, 5.41) is 0. The van der Waals surface area contributed by atoms with Crippen molar-refractivity contribution in [3.05, 3.63) is 0 Å². The summed E-state index contributed by atoms with van der Waals surface area (Å²) in [7, 11) is 0. The molecule has 92 valence electrons.